The Bertz CT molecular complexity index is 895. The molecule has 0 radical (unpaired) electrons. The van der Waals surface area contributed by atoms with E-state index in [2.05, 4.69) is 24.8 Å². The minimum Gasteiger partial charge on any atom is -0.481 e. The molecule has 0 aromatic carbocycles. The highest BCUT2D eigenvalue weighted by molar-refractivity contribution is 5.70. The first-order chi connectivity index (χ1) is 12.7. The lowest BCUT2D eigenvalue weighted by Gasteiger charge is -2.20. The van der Waals surface area contributed by atoms with Gasteiger partial charge >= 0.3 is 0 Å². The molecule has 0 spiro atoms. The normalized spacial score (nSPS) is 16.0. The lowest BCUT2D eigenvalue weighted by molar-refractivity contribution is 0.280. The van der Waals surface area contributed by atoms with Crippen LogP contribution in [0.2, 0.25) is 0 Å². The number of anilines is 1. The molecule has 3 aromatic rings. The van der Waals surface area contributed by atoms with Gasteiger partial charge in [-0.3, -0.25) is 4.90 Å². The van der Waals surface area contributed by atoms with Crippen LogP contribution in [0.4, 0.5) is 6.01 Å². The summed E-state index contributed by atoms with van der Waals surface area (Å²) in [4.78, 5) is 18.1. The molecule has 4 rings (SSSR count). The van der Waals surface area contributed by atoms with E-state index in [1.54, 1.807) is 7.11 Å². The molecule has 0 amide bonds. The Morgan fingerprint density at radius 1 is 1.04 bits per heavy atom. The molecule has 26 heavy (non-hydrogen) atoms. The summed E-state index contributed by atoms with van der Waals surface area (Å²) in [5, 5.41) is 0. The largest absolute Gasteiger partial charge is 0.481 e. The monoisotopic (exact) mass is 353 g/mol. The third-order valence-electron chi connectivity index (χ3n) is 4.62. The van der Waals surface area contributed by atoms with Gasteiger partial charge < -0.3 is 14.1 Å². The van der Waals surface area contributed by atoms with Crippen LogP contribution >= 0.6 is 0 Å². The van der Waals surface area contributed by atoms with Gasteiger partial charge in [0, 0.05) is 44.5 Å². The van der Waals surface area contributed by atoms with E-state index in [-0.39, 0.29) is 0 Å². The van der Waals surface area contributed by atoms with Crippen molar-refractivity contribution in [3.05, 3.63) is 41.7 Å². The van der Waals surface area contributed by atoms with Crippen LogP contribution < -0.4 is 9.64 Å². The second-order valence-electron chi connectivity index (χ2n) is 6.56. The lowest BCUT2D eigenvalue weighted by atomic mass is 10.3. The highest BCUT2D eigenvalue weighted by Gasteiger charge is 2.20. The van der Waals surface area contributed by atoms with Crippen LogP contribution in [0.25, 0.3) is 11.2 Å². The van der Waals surface area contributed by atoms with Gasteiger partial charge in [-0.15, -0.1) is 0 Å². The van der Waals surface area contributed by atoms with Gasteiger partial charge in [-0.25, -0.2) is 9.97 Å². The lowest BCUT2D eigenvalue weighted by Crippen LogP contribution is -2.30. The van der Waals surface area contributed by atoms with Gasteiger partial charge in [0.1, 0.15) is 0 Å². The maximum absolute atomic E-state index is 5.91. The fourth-order valence-electron chi connectivity index (χ4n) is 3.25. The first-order valence-electron chi connectivity index (χ1n) is 8.93. The third kappa shape index (κ3) is 3.62. The number of nitrogens with zero attached hydrogens (tertiary/aromatic N) is 5. The van der Waals surface area contributed by atoms with Crippen LogP contribution in [-0.4, -0.2) is 53.1 Å². The van der Waals surface area contributed by atoms with Crippen LogP contribution in [0, 0.1) is 6.92 Å². The number of hydrogen-bond donors (Lipinski definition) is 0. The number of rotatable bonds is 4. The summed E-state index contributed by atoms with van der Waals surface area (Å²) in [6.07, 6.45) is 1.05. The second-order valence-corrected chi connectivity index (χ2v) is 6.56. The molecule has 1 aliphatic heterocycles. The van der Waals surface area contributed by atoms with Crippen LogP contribution in [0.3, 0.4) is 0 Å². The number of ether oxygens (including phenoxy) is 1. The summed E-state index contributed by atoms with van der Waals surface area (Å²) in [7, 11) is 1.65. The van der Waals surface area contributed by atoms with Crippen LogP contribution in [-0.2, 0) is 6.54 Å². The highest BCUT2D eigenvalue weighted by Crippen LogP contribution is 2.22. The summed E-state index contributed by atoms with van der Waals surface area (Å²) in [6.45, 7) is 6.53. The van der Waals surface area contributed by atoms with Crippen molar-refractivity contribution < 1.29 is 9.15 Å². The molecule has 1 fully saturated rings. The Balaban J connectivity index is 1.43. The molecular weight excluding hydrogens is 330 g/mol. The molecular formula is C19H23N5O2. The van der Waals surface area contributed by atoms with Gasteiger partial charge in [0.05, 0.1) is 12.8 Å². The number of fused-ring (bicyclic) bond motifs is 1. The van der Waals surface area contributed by atoms with Gasteiger partial charge in [0.2, 0.25) is 11.5 Å². The Kier molecular flexibility index (Phi) is 4.71. The van der Waals surface area contributed by atoms with E-state index in [0.29, 0.717) is 17.5 Å². The number of oxazole rings is 1. The van der Waals surface area contributed by atoms with Gasteiger partial charge in [-0.1, -0.05) is 6.07 Å². The molecule has 0 bridgehead atoms. The van der Waals surface area contributed by atoms with Crippen molar-refractivity contribution in [3.8, 4) is 5.88 Å². The smallest absolute Gasteiger partial charge is 0.299 e. The molecule has 0 aliphatic carbocycles. The van der Waals surface area contributed by atoms with Crippen molar-refractivity contribution >= 4 is 17.2 Å². The van der Waals surface area contributed by atoms with Crippen molar-refractivity contribution in [3.63, 3.8) is 0 Å². The fraction of sp³-hybridized carbons (Fsp3) is 0.421. The number of pyridine rings is 2. The quantitative estimate of drug-likeness (QED) is 0.714. The Morgan fingerprint density at radius 2 is 1.96 bits per heavy atom. The molecule has 1 saturated heterocycles. The topological polar surface area (TPSA) is 67.5 Å². The zero-order valence-electron chi connectivity index (χ0n) is 15.2. The molecule has 0 N–H and O–H groups in total. The standard InChI is InChI=1S/C19H23N5O2/c1-14-7-8-16-18(20-14)22-19(26-16)24-10-4-9-23(11-12-24)13-15-5-3-6-17(21-15)25-2/h3,5-8H,4,9-13H2,1-2H3. The molecule has 7 nitrogen and oxygen atoms in total. The van der Waals surface area contributed by atoms with Crippen LogP contribution in [0.1, 0.15) is 17.8 Å². The molecule has 1 aliphatic rings. The molecule has 4 heterocycles. The SMILES string of the molecule is COc1cccc(CN2CCCN(c3nc4nc(C)ccc4o3)CC2)n1. The van der Waals surface area contributed by atoms with E-state index in [1.165, 1.54) is 0 Å². The predicted molar refractivity (Wildman–Crippen MR) is 99.4 cm³/mol. The van der Waals surface area contributed by atoms with Crippen LogP contribution in [0.5, 0.6) is 5.88 Å². The van der Waals surface area contributed by atoms with Crippen molar-refractivity contribution in [2.24, 2.45) is 0 Å². The summed E-state index contributed by atoms with van der Waals surface area (Å²) >= 11 is 0. The minimum absolute atomic E-state index is 0.660. The first-order valence-corrected chi connectivity index (χ1v) is 8.93. The van der Waals surface area contributed by atoms with Crippen LogP contribution in [0.15, 0.2) is 34.7 Å². The average Bonchev–Trinajstić information content (AvgIpc) is 2.93. The van der Waals surface area contributed by atoms with Gasteiger partial charge in [-0.2, -0.15) is 4.98 Å². The Hall–Kier alpha value is -2.67. The zero-order chi connectivity index (χ0) is 17.9. The molecule has 0 saturated carbocycles. The summed E-state index contributed by atoms with van der Waals surface area (Å²) in [5.74, 6) is 0.660. The van der Waals surface area contributed by atoms with Gasteiger partial charge in [-0.05, 0) is 31.5 Å². The van der Waals surface area contributed by atoms with E-state index in [4.69, 9.17) is 9.15 Å². The van der Waals surface area contributed by atoms with E-state index in [1.807, 2.05) is 37.3 Å². The van der Waals surface area contributed by atoms with E-state index in [9.17, 15) is 0 Å². The molecule has 0 unspecified atom stereocenters. The number of aromatic nitrogens is 3. The summed E-state index contributed by atoms with van der Waals surface area (Å²) < 4.78 is 11.1. The number of hydrogen-bond acceptors (Lipinski definition) is 7. The average molecular weight is 353 g/mol. The Morgan fingerprint density at radius 3 is 2.85 bits per heavy atom. The van der Waals surface area contributed by atoms with Crippen molar-refractivity contribution in [1.29, 1.82) is 0 Å². The molecule has 0 atom stereocenters. The molecule has 3 aromatic heterocycles. The van der Waals surface area contributed by atoms with Crippen molar-refractivity contribution in [1.82, 2.24) is 19.9 Å². The first kappa shape index (κ1) is 16.8. The zero-order valence-corrected chi connectivity index (χ0v) is 15.2. The predicted octanol–water partition coefficient (Wildman–Crippen LogP) is 2.65. The van der Waals surface area contributed by atoms with Crippen molar-refractivity contribution in [2.75, 3.05) is 38.2 Å². The highest BCUT2D eigenvalue weighted by atomic mass is 16.5. The van der Waals surface area contributed by atoms with E-state index < -0.39 is 0 Å². The maximum Gasteiger partial charge on any atom is 0.299 e. The van der Waals surface area contributed by atoms with Gasteiger partial charge in [0.25, 0.3) is 6.01 Å². The number of aryl methyl sites for hydroxylation is 1. The molecule has 7 heteroatoms. The fourth-order valence-corrected chi connectivity index (χ4v) is 3.25. The second kappa shape index (κ2) is 7.29. The molecule has 136 valence electrons. The summed E-state index contributed by atoms with van der Waals surface area (Å²) in [6, 6.07) is 10.4. The van der Waals surface area contributed by atoms with E-state index in [0.717, 1.165) is 56.1 Å². The Labute approximate surface area is 152 Å². The van der Waals surface area contributed by atoms with Crippen molar-refractivity contribution in [2.45, 2.75) is 19.9 Å². The summed E-state index contributed by atoms with van der Waals surface area (Å²) in [5.41, 5.74) is 3.40. The van der Waals surface area contributed by atoms with E-state index >= 15 is 0 Å². The van der Waals surface area contributed by atoms with Gasteiger partial charge in [0.15, 0.2) is 5.58 Å². The third-order valence-corrected chi connectivity index (χ3v) is 4.62. The minimum atomic E-state index is 0.660. The maximum atomic E-state index is 5.91. The number of methoxy groups -OCH3 is 1.